The molecule has 1 atom stereocenters. The third kappa shape index (κ3) is 3.92. The van der Waals surface area contributed by atoms with Gasteiger partial charge in [-0.15, -0.1) is 0 Å². The van der Waals surface area contributed by atoms with Gasteiger partial charge in [-0.3, -0.25) is 4.79 Å². The highest BCUT2D eigenvalue weighted by atomic mass is 32.2. The van der Waals surface area contributed by atoms with E-state index < -0.39 is 9.84 Å². The number of amides is 1. The third-order valence-corrected chi connectivity index (χ3v) is 6.82. The van der Waals surface area contributed by atoms with Crippen LogP contribution < -0.4 is 0 Å². The predicted octanol–water partition coefficient (Wildman–Crippen LogP) is 2.32. The molecule has 1 unspecified atom stereocenters. The summed E-state index contributed by atoms with van der Waals surface area (Å²) in [4.78, 5) is 19.2. The van der Waals surface area contributed by atoms with Crippen LogP contribution in [0.15, 0.2) is 18.5 Å². The van der Waals surface area contributed by atoms with Crippen molar-refractivity contribution in [2.75, 3.05) is 18.1 Å². The molecule has 6 nitrogen and oxygen atoms in total. The average molecular weight is 378 g/mol. The van der Waals surface area contributed by atoms with Crippen molar-refractivity contribution in [1.82, 2.24) is 14.5 Å². The first-order chi connectivity index (χ1) is 12.2. The van der Waals surface area contributed by atoms with Crippen molar-refractivity contribution in [1.29, 1.82) is 0 Å². The molecule has 1 aliphatic rings. The van der Waals surface area contributed by atoms with Crippen LogP contribution >= 0.6 is 0 Å². The van der Waals surface area contributed by atoms with Crippen molar-refractivity contribution in [3.05, 3.63) is 29.6 Å². The number of hydrogen-bond donors (Lipinski definition) is 0. The van der Waals surface area contributed by atoms with Gasteiger partial charge in [-0.25, -0.2) is 13.4 Å². The van der Waals surface area contributed by atoms with Crippen molar-refractivity contribution in [3.63, 3.8) is 0 Å². The van der Waals surface area contributed by atoms with E-state index in [1.807, 2.05) is 38.3 Å². The van der Waals surface area contributed by atoms with Gasteiger partial charge in [-0.05, 0) is 49.4 Å². The molecule has 7 heteroatoms. The molecule has 0 radical (unpaired) electrons. The van der Waals surface area contributed by atoms with Crippen LogP contribution in [0.5, 0.6) is 0 Å². The lowest BCUT2D eigenvalue weighted by molar-refractivity contribution is -0.134. The Morgan fingerprint density at radius 3 is 2.62 bits per heavy atom. The minimum Gasteiger partial charge on any atom is -0.337 e. The van der Waals surface area contributed by atoms with Crippen LogP contribution in [0, 0.1) is 19.8 Å². The average Bonchev–Trinajstić information content (AvgIpc) is 3.09. The van der Waals surface area contributed by atoms with Crippen LogP contribution in [-0.4, -0.2) is 52.9 Å². The summed E-state index contributed by atoms with van der Waals surface area (Å²) in [6.07, 6.45) is 2.23. The highest BCUT2D eigenvalue weighted by Crippen LogP contribution is 2.22. The van der Waals surface area contributed by atoms with Crippen molar-refractivity contribution < 1.29 is 13.2 Å². The van der Waals surface area contributed by atoms with E-state index in [4.69, 9.17) is 0 Å². The molecular weight excluding hydrogens is 350 g/mol. The van der Waals surface area contributed by atoms with Crippen LogP contribution in [-0.2, 0) is 21.2 Å². The molecule has 1 aromatic carbocycles. The number of hydrogen-bond acceptors (Lipinski definition) is 4. The summed E-state index contributed by atoms with van der Waals surface area (Å²) >= 11 is 0. The summed E-state index contributed by atoms with van der Waals surface area (Å²) in [5.74, 6) is 0.491. The molecule has 1 amide bonds. The second-order valence-electron chi connectivity index (χ2n) is 7.79. The van der Waals surface area contributed by atoms with Crippen molar-refractivity contribution in [3.8, 4) is 0 Å². The van der Waals surface area contributed by atoms with E-state index in [9.17, 15) is 13.2 Å². The molecule has 142 valence electrons. The fraction of sp³-hybridized carbons (Fsp3) is 0.579. The molecule has 1 aromatic heterocycles. The number of aromatic nitrogens is 2. The SMILES string of the molecule is Cc1cc2ncn(CC(=O)N(CC(C)C)C3CCS(=O)(=O)C3)c2cc1C. The number of imidazole rings is 1. The van der Waals surface area contributed by atoms with E-state index in [2.05, 4.69) is 11.1 Å². The van der Waals surface area contributed by atoms with E-state index in [0.717, 1.165) is 16.6 Å². The van der Waals surface area contributed by atoms with Gasteiger partial charge in [0.05, 0.1) is 28.9 Å². The molecule has 0 spiro atoms. The number of sulfone groups is 1. The first-order valence-corrected chi connectivity index (χ1v) is 10.9. The Bertz CT molecular complexity index is 931. The zero-order chi connectivity index (χ0) is 19.1. The minimum absolute atomic E-state index is 0.0432. The summed E-state index contributed by atoms with van der Waals surface area (Å²) in [5, 5.41) is 0. The van der Waals surface area contributed by atoms with Gasteiger partial charge in [0.2, 0.25) is 5.91 Å². The Morgan fingerprint density at radius 2 is 2.00 bits per heavy atom. The second kappa shape index (κ2) is 7.02. The number of nitrogens with zero attached hydrogens (tertiary/aromatic N) is 3. The van der Waals surface area contributed by atoms with Gasteiger partial charge in [0.15, 0.2) is 9.84 Å². The maximum Gasteiger partial charge on any atom is 0.242 e. The highest BCUT2D eigenvalue weighted by Gasteiger charge is 2.34. The Balaban J connectivity index is 1.85. The lowest BCUT2D eigenvalue weighted by atomic mass is 10.1. The lowest BCUT2D eigenvalue weighted by Crippen LogP contribution is -2.44. The maximum atomic E-state index is 13.0. The number of aryl methyl sites for hydroxylation is 2. The second-order valence-corrected chi connectivity index (χ2v) is 10.0. The Kier molecular flexibility index (Phi) is 5.10. The van der Waals surface area contributed by atoms with Gasteiger partial charge in [0, 0.05) is 12.6 Å². The fourth-order valence-corrected chi connectivity index (χ4v) is 5.28. The van der Waals surface area contributed by atoms with Crippen molar-refractivity contribution in [2.45, 2.75) is 46.7 Å². The number of carbonyl (C=O) groups excluding carboxylic acids is 1. The molecule has 0 aliphatic carbocycles. The molecule has 1 aliphatic heterocycles. The van der Waals surface area contributed by atoms with Gasteiger partial charge in [-0.2, -0.15) is 0 Å². The molecule has 26 heavy (non-hydrogen) atoms. The fourth-order valence-electron chi connectivity index (χ4n) is 3.54. The van der Waals surface area contributed by atoms with Crippen LogP contribution in [0.3, 0.4) is 0 Å². The van der Waals surface area contributed by atoms with Crippen LogP contribution in [0.1, 0.15) is 31.4 Å². The summed E-state index contributed by atoms with van der Waals surface area (Å²) in [6, 6.07) is 3.87. The first-order valence-electron chi connectivity index (χ1n) is 9.08. The standard InChI is InChI=1S/C19H27N3O3S/c1-13(2)9-22(16-5-6-26(24,25)11-16)19(23)10-21-12-20-17-7-14(3)15(4)8-18(17)21/h7-8,12-13,16H,5-6,9-11H2,1-4H3. The number of carbonyl (C=O) groups is 1. The van der Waals surface area contributed by atoms with E-state index in [-0.39, 0.29) is 35.9 Å². The zero-order valence-electron chi connectivity index (χ0n) is 15.9. The van der Waals surface area contributed by atoms with Crippen molar-refractivity contribution >= 4 is 26.8 Å². The summed E-state index contributed by atoms with van der Waals surface area (Å²) in [7, 11) is -3.03. The smallest absolute Gasteiger partial charge is 0.242 e. The van der Waals surface area contributed by atoms with Gasteiger partial charge >= 0.3 is 0 Å². The van der Waals surface area contributed by atoms with Crippen LogP contribution in [0.25, 0.3) is 11.0 Å². The normalized spacial score (nSPS) is 19.3. The molecule has 2 aromatic rings. The predicted molar refractivity (Wildman–Crippen MR) is 103 cm³/mol. The Morgan fingerprint density at radius 1 is 1.31 bits per heavy atom. The van der Waals surface area contributed by atoms with Gasteiger partial charge in [0.1, 0.15) is 6.54 Å². The summed E-state index contributed by atoms with van der Waals surface area (Å²) in [5.41, 5.74) is 4.14. The topological polar surface area (TPSA) is 72.3 Å². The third-order valence-electron chi connectivity index (χ3n) is 5.07. The molecule has 0 saturated carbocycles. The van der Waals surface area contributed by atoms with E-state index in [1.165, 1.54) is 5.56 Å². The first kappa shape index (κ1) is 18.9. The molecule has 0 bridgehead atoms. The number of fused-ring (bicyclic) bond motifs is 1. The lowest BCUT2D eigenvalue weighted by Gasteiger charge is -2.30. The molecule has 1 fully saturated rings. The van der Waals surface area contributed by atoms with Crippen LogP contribution in [0.2, 0.25) is 0 Å². The zero-order valence-corrected chi connectivity index (χ0v) is 16.7. The monoisotopic (exact) mass is 377 g/mol. The Hall–Kier alpha value is -1.89. The molecule has 1 saturated heterocycles. The van der Waals surface area contributed by atoms with E-state index in [1.54, 1.807) is 11.2 Å². The van der Waals surface area contributed by atoms with Gasteiger partial charge < -0.3 is 9.47 Å². The van der Waals surface area contributed by atoms with Gasteiger partial charge in [0.25, 0.3) is 0 Å². The number of rotatable bonds is 5. The molecule has 0 N–H and O–H groups in total. The summed E-state index contributed by atoms with van der Waals surface area (Å²) in [6.45, 7) is 8.93. The summed E-state index contributed by atoms with van der Waals surface area (Å²) < 4.78 is 25.6. The minimum atomic E-state index is -3.03. The molecule has 3 rings (SSSR count). The van der Waals surface area contributed by atoms with E-state index >= 15 is 0 Å². The Labute approximate surface area is 155 Å². The largest absolute Gasteiger partial charge is 0.337 e. The highest BCUT2D eigenvalue weighted by molar-refractivity contribution is 7.91. The maximum absolute atomic E-state index is 13.0. The molecule has 2 heterocycles. The quantitative estimate of drug-likeness (QED) is 0.802. The van der Waals surface area contributed by atoms with Gasteiger partial charge in [-0.1, -0.05) is 13.8 Å². The number of benzene rings is 1. The van der Waals surface area contributed by atoms with E-state index in [0.29, 0.717) is 13.0 Å². The molecular formula is C19H27N3O3S. The van der Waals surface area contributed by atoms with Crippen LogP contribution in [0.4, 0.5) is 0 Å². The van der Waals surface area contributed by atoms with Crippen molar-refractivity contribution in [2.24, 2.45) is 5.92 Å².